The number of ether oxygens (including phenoxy) is 1. The van der Waals surface area contributed by atoms with Crippen LogP contribution in [-0.2, 0) is 4.74 Å². The van der Waals surface area contributed by atoms with Crippen molar-refractivity contribution in [3.8, 4) is 0 Å². The number of hydrogen-bond donors (Lipinski definition) is 1. The molecular weight excluding hydrogens is 306 g/mol. The van der Waals surface area contributed by atoms with Crippen LogP contribution in [0.5, 0.6) is 0 Å². The predicted octanol–water partition coefficient (Wildman–Crippen LogP) is 2.95. The molecule has 3 rings (SSSR count). The number of likely N-dealkylation sites (tertiary alicyclic amines) is 1. The van der Waals surface area contributed by atoms with Crippen LogP contribution in [0.15, 0.2) is 30.5 Å². The summed E-state index contributed by atoms with van der Waals surface area (Å²) in [5.74, 6) is -0.0983. The molecule has 1 aromatic heterocycles. The Bertz CT molecular complexity index is 788. The maximum absolute atomic E-state index is 12.7. The van der Waals surface area contributed by atoms with Crippen molar-refractivity contribution in [3.63, 3.8) is 0 Å². The zero-order chi connectivity index (χ0) is 17.5. The van der Waals surface area contributed by atoms with Crippen LogP contribution < -0.4 is 5.73 Å². The molecule has 1 fully saturated rings. The second-order valence-corrected chi connectivity index (χ2v) is 7.15. The van der Waals surface area contributed by atoms with E-state index in [2.05, 4.69) is 0 Å². The van der Waals surface area contributed by atoms with Gasteiger partial charge in [0.15, 0.2) is 0 Å². The van der Waals surface area contributed by atoms with E-state index in [-0.39, 0.29) is 12.1 Å². The lowest BCUT2D eigenvalue weighted by molar-refractivity contribution is 0.0543. The van der Waals surface area contributed by atoms with Crippen molar-refractivity contribution < 1.29 is 14.3 Å². The van der Waals surface area contributed by atoms with Gasteiger partial charge in [0.05, 0.1) is 11.7 Å². The summed E-state index contributed by atoms with van der Waals surface area (Å²) in [6.45, 7) is 6.13. The van der Waals surface area contributed by atoms with Gasteiger partial charge in [-0.1, -0.05) is 6.07 Å². The van der Waals surface area contributed by atoms with E-state index in [1.54, 1.807) is 23.2 Å². The summed E-state index contributed by atoms with van der Waals surface area (Å²) in [6, 6.07) is 7.17. The molecule has 1 saturated heterocycles. The Morgan fingerprint density at radius 2 is 2.00 bits per heavy atom. The Balaban J connectivity index is 1.94. The van der Waals surface area contributed by atoms with Crippen LogP contribution in [0.1, 0.15) is 44.0 Å². The van der Waals surface area contributed by atoms with Crippen LogP contribution in [0.4, 0.5) is 4.79 Å². The Morgan fingerprint density at radius 3 is 2.62 bits per heavy atom. The molecule has 1 aliphatic rings. The van der Waals surface area contributed by atoms with E-state index in [0.717, 1.165) is 18.2 Å². The van der Waals surface area contributed by atoms with Crippen molar-refractivity contribution in [2.24, 2.45) is 5.73 Å². The minimum absolute atomic E-state index is 0.0983. The average molecular weight is 329 g/mol. The molecule has 1 aliphatic heterocycles. The van der Waals surface area contributed by atoms with Gasteiger partial charge in [0.25, 0.3) is 5.91 Å². The van der Waals surface area contributed by atoms with Gasteiger partial charge in [-0.15, -0.1) is 0 Å². The number of aromatic nitrogens is 1. The fourth-order valence-electron chi connectivity index (χ4n) is 2.94. The van der Waals surface area contributed by atoms with Crippen LogP contribution in [-0.4, -0.2) is 39.8 Å². The van der Waals surface area contributed by atoms with Crippen molar-refractivity contribution in [1.29, 1.82) is 0 Å². The Hall–Kier alpha value is -2.34. The van der Waals surface area contributed by atoms with Gasteiger partial charge in [0, 0.05) is 23.7 Å². The number of nitrogens with two attached hydrogens (primary N) is 1. The number of benzene rings is 1. The third kappa shape index (κ3) is 3.14. The third-order valence-corrected chi connectivity index (χ3v) is 4.09. The van der Waals surface area contributed by atoms with Gasteiger partial charge in [-0.2, -0.15) is 0 Å². The summed E-state index contributed by atoms with van der Waals surface area (Å²) < 4.78 is 6.85. The topological polar surface area (TPSA) is 77.6 Å². The minimum Gasteiger partial charge on any atom is -0.443 e. The fraction of sp³-hybridized carbons (Fsp3) is 0.444. The molecule has 0 radical (unpaired) electrons. The van der Waals surface area contributed by atoms with Gasteiger partial charge in [0.1, 0.15) is 5.60 Å². The minimum atomic E-state index is -0.580. The normalized spacial score (nSPS) is 18.2. The van der Waals surface area contributed by atoms with Gasteiger partial charge in [-0.05, 0) is 51.8 Å². The van der Waals surface area contributed by atoms with E-state index in [0.29, 0.717) is 17.6 Å². The molecule has 0 bridgehead atoms. The SMILES string of the molecule is CC(C)(C)OC(=O)n1ccc2ccc(C(=O)N3CCCC3N)cc21. The number of carbonyl (C=O) groups is 2. The molecule has 1 aromatic carbocycles. The number of hydrogen-bond acceptors (Lipinski definition) is 4. The summed E-state index contributed by atoms with van der Waals surface area (Å²) in [4.78, 5) is 26.7. The number of amides is 1. The summed E-state index contributed by atoms with van der Waals surface area (Å²) in [5, 5.41) is 0.878. The summed E-state index contributed by atoms with van der Waals surface area (Å²) in [7, 11) is 0. The Labute approximate surface area is 141 Å². The van der Waals surface area contributed by atoms with Gasteiger partial charge in [-0.3, -0.25) is 9.36 Å². The molecule has 6 nitrogen and oxygen atoms in total. The van der Waals surface area contributed by atoms with Gasteiger partial charge in [-0.25, -0.2) is 4.79 Å². The summed E-state index contributed by atoms with van der Waals surface area (Å²) >= 11 is 0. The molecule has 6 heteroatoms. The van der Waals surface area contributed by atoms with Crippen molar-refractivity contribution in [2.75, 3.05) is 6.54 Å². The highest BCUT2D eigenvalue weighted by atomic mass is 16.6. The van der Waals surface area contributed by atoms with Crippen LogP contribution in [0.2, 0.25) is 0 Å². The first-order valence-corrected chi connectivity index (χ1v) is 8.17. The largest absolute Gasteiger partial charge is 0.443 e. The van der Waals surface area contributed by atoms with E-state index >= 15 is 0 Å². The lowest BCUT2D eigenvalue weighted by atomic mass is 10.1. The van der Waals surface area contributed by atoms with Gasteiger partial charge in [0.2, 0.25) is 0 Å². The number of fused-ring (bicyclic) bond motifs is 1. The predicted molar refractivity (Wildman–Crippen MR) is 91.8 cm³/mol. The number of nitrogens with zero attached hydrogens (tertiary/aromatic N) is 2. The zero-order valence-electron chi connectivity index (χ0n) is 14.3. The molecular formula is C18H23N3O3. The van der Waals surface area contributed by atoms with Crippen molar-refractivity contribution in [3.05, 3.63) is 36.0 Å². The molecule has 0 saturated carbocycles. The maximum atomic E-state index is 12.7. The molecule has 2 aromatic rings. The van der Waals surface area contributed by atoms with Crippen LogP contribution in [0.25, 0.3) is 10.9 Å². The molecule has 2 heterocycles. The van der Waals surface area contributed by atoms with Crippen LogP contribution in [0, 0.1) is 0 Å². The standard InChI is InChI=1S/C18H23N3O3/c1-18(2,3)24-17(23)20-10-8-12-6-7-13(11-14(12)20)16(22)21-9-4-5-15(21)19/h6-8,10-11,15H,4-5,9,19H2,1-3H3. The molecule has 128 valence electrons. The lowest BCUT2D eigenvalue weighted by Crippen LogP contribution is -2.40. The first-order valence-electron chi connectivity index (χ1n) is 8.17. The smallest absolute Gasteiger partial charge is 0.418 e. The second-order valence-electron chi connectivity index (χ2n) is 7.15. The van der Waals surface area contributed by atoms with Crippen molar-refractivity contribution in [2.45, 2.75) is 45.4 Å². The van der Waals surface area contributed by atoms with E-state index in [1.165, 1.54) is 4.57 Å². The highest BCUT2D eigenvalue weighted by Gasteiger charge is 2.27. The first-order chi connectivity index (χ1) is 11.3. The summed E-state index contributed by atoms with van der Waals surface area (Å²) in [6.07, 6.45) is 2.71. The molecule has 1 atom stereocenters. The molecule has 2 N–H and O–H groups in total. The molecule has 0 spiro atoms. The molecule has 1 unspecified atom stereocenters. The van der Waals surface area contributed by atoms with Gasteiger partial charge >= 0.3 is 6.09 Å². The third-order valence-electron chi connectivity index (χ3n) is 4.09. The Morgan fingerprint density at radius 1 is 1.25 bits per heavy atom. The monoisotopic (exact) mass is 329 g/mol. The number of carbonyl (C=O) groups excluding carboxylic acids is 2. The van der Waals surface area contributed by atoms with E-state index in [1.807, 2.05) is 32.9 Å². The van der Waals surface area contributed by atoms with E-state index in [9.17, 15) is 9.59 Å². The van der Waals surface area contributed by atoms with Gasteiger partial charge < -0.3 is 15.4 Å². The second kappa shape index (κ2) is 5.94. The Kier molecular flexibility index (Phi) is 4.09. The first kappa shape index (κ1) is 16.5. The lowest BCUT2D eigenvalue weighted by Gasteiger charge is -2.21. The molecule has 1 amide bonds. The quantitative estimate of drug-likeness (QED) is 0.872. The van der Waals surface area contributed by atoms with Crippen molar-refractivity contribution >= 4 is 22.9 Å². The fourth-order valence-corrected chi connectivity index (χ4v) is 2.94. The number of rotatable bonds is 1. The average Bonchev–Trinajstić information content (AvgIpc) is 3.10. The highest BCUT2D eigenvalue weighted by Crippen LogP contribution is 2.22. The van der Waals surface area contributed by atoms with E-state index in [4.69, 9.17) is 10.5 Å². The van der Waals surface area contributed by atoms with Crippen LogP contribution >= 0.6 is 0 Å². The molecule has 0 aliphatic carbocycles. The van der Waals surface area contributed by atoms with Crippen LogP contribution in [0.3, 0.4) is 0 Å². The zero-order valence-corrected chi connectivity index (χ0v) is 14.3. The van der Waals surface area contributed by atoms with Crippen molar-refractivity contribution in [1.82, 2.24) is 9.47 Å². The highest BCUT2D eigenvalue weighted by molar-refractivity contribution is 5.99. The molecule has 24 heavy (non-hydrogen) atoms. The summed E-state index contributed by atoms with van der Waals surface area (Å²) in [5.41, 5.74) is 6.59. The van der Waals surface area contributed by atoms with E-state index < -0.39 is 11.7 Å². The maximum Gasteiger partial charge on any atom is 0.418 e.